The Kier molecular flexibility index (Phi) is 7.76. The number of aliphatic imine (C=N–C) groups is 1. The molecule has 2 rings (SSSR count). The van der Waals surface area contributed by atoms with Crippen LogP contribution in [0.25, 0.3) is 0 Å². The summed E-state index contributed by atoms with van der Waals surface area (Å²) in [4.78, 5) is 16.3. The van der Waals surface area contributed by atoms with Crippen molar-refractivity contribution in [2.24, 2.45) is 4.99 Å². The Morgan fingerprint density at radius 2 is 2.04 bits per heavy atom. The van der Waals surface area contributed by atoms with E-state index in [9.17, 15) is 4.79 Å². The number of amides is 1. The Bertz CT molecular complexity index is 557. The van der Waals surface area contributed by atoms with E-state index in [1.807, 2.05) is 6.92 Å². The molecular formula is C18H31N5O2. The Morgan fingerprint density at radius 3 is 2.68 bits per heavy atom. The number of guanidine groups is 1. The van der Waals surface area contributed by atoms with Crippen molar-refractivity contribution in [3.8, 4) is 0 Å². The largest absolute Gasteiger partial charge is 0.361 e. The van der Waals surface area contributed by atoms with E-state index >= 15 is 0 Å². The van der Waals surface area contributed by atoms with E-state index in [1.165, 1.54) is 0 Å². The third kappa shape index (κ3) is 6.40. The van der Waals surface area contributed by atoms with Crippen LogP contribution < -0.4 is 16.0 Å². The summed E-state index contributed by atoms with van der Waals surface area (Å²) in [7, 11) is 0. The average Bonchev–Trinajstić information content (AvgIpc) is 3.33. The summed E-state index contributed by atoms with van der Waals surface area (Å²) in [6, 6.07) is 0.434. The first-order valence-corrected chi connectivity index (χ1v) is 9.45. The van der Waals surface area contributed by atoms with Crippen LogP contribution in [0.15, 0.2) is 9.52 Å². The zero-order chi connectivity index (χ0) is 18.1. The minimum atomic E-state index is 0.149. The number of hydrogen-bond donors (Lipinski definition) is 3. The summed E-state index contributed by atoms with van der Waals surface area (Å²) in [5.41, 5.74) is 2.07. The molecule has 140 valence electrons. The lowest BCUT2D eigenvalue weighted by Crippen LogP contribution is -2.38. The monoisotopic (exact) mass is 349 g/mol. The first kappa shape index (κ1) is 19.3. The van der Waals surface area contributed by atoms with E-state index in [0.29, 0.717) is 19.0 Å². The molecule has 0 bridgehead atoms. The molecule has 1 saturated carbocycles. The van der Waals surface area contributed by atoms with Gasteiger partial charge in [-0.05, 0) is 32.6 Å². The van der Waals surface area contributed by atoms with Crippen LogP contribution in [0.4, 0.5) is 0 Å². The van der Waals surface area contributed by atoms with E-state index in [1.54, 1.807) is 0 Å². The Labute approximate surface area is 150 Å². The summed E-state index contributed by atoms with van der Waals surface area (Å²) < 4.78 is 5.39. The average molecular weight is 349 g/mol. The quantitative estimate of drug-likeness (QED) is 0.341. The number of nitrogens with zero attached hydrogens (tertiary/aromatic N) is 2. The molecule has 0 atom stereocenters. The van der Waals surface area contributed by atoms with Crippen molar-refractivity contribution >= 4 is 11.9 Å². The zero-order valence-electron chi connectivity index (χ0n) is 15.7. The minimum absolute atomic E-state index is 0.149. The molecule has 3 N–H and O–H groups in total. The maximum Gasteiger partial charge on any atom is 0.220 e. The maximum absolute atomic E-state index is 11.7. The van der Waals surface area contributed by atoms with Gasteiger partial charge in [-0.2, -0.15) is 0 Å². The Balaban J connectivity index is 1.81. The molecule has 7 nitrogen and oxygen atoms in total. The molecule has 1 aliphatic rings. The van der Waals surface area contributed by atoms with Crippen LogP contribution in [-0.4, -0.2) is 36.2 Å². The number of carbonyl (C=O) groups excluding carboxylic acids is 1. The molecule has 25 heavy (non-hydrogen) atoms. The summed E-state index contributed by atoms with van der Waals surface area (Å²) in [6.07, 6.45) is 5.25. The predicted octanol–water partition coefficient (Wildman–Crippen LogP) is 1.91. The van der Waals surface area contributed by atoms with Crippen LogP contribution in [0.5, 0.6) is 0 Å². The lowest BCUT2D eigenvalue weighted by Gasteiger charge is -2.11. The van der Waals surface area contributed by atoms with Crippen LogP contribution in [0.3, 0.4) is 0 Å². The Morgan fingerprint density at radius 1 is 1.24 bits per heavy atom. The van der Waals surface area contributed by atoms with E-state index < -0.39 is 0 Å². The molecule has 0 saturated heterocycles. The van der Waals surface area contributed by atoms with Gasteiger partial charge in [0.1, 0.15) is 5.76 Å². The van der Waals surface area contributed by atoms with E-state index in [0.717, 1.165) is 68.2 Å². The predicted molar refractivity (Wildman–Crippen MR) is 98.5 cm³/mol. The molecule has 1 aliphatic carbocycles. The fourth-order valence-corrected chi connectivity index (χ4v) is 2.60. The molecule has 1 amide bonds. The first-order valence-electron chi connectivity index (χ1n) is 9.45. The smallest absolute Gasteiger partial charge is 0.220 e. The molecule has 1 aromatic heterocycles. The summed E-state index contributed by atoms with van der Waals surface area (Å²) in [5.74, 6) is 1.82. The van der Waals surface area contributed by atoms with Gasteiger partial charge in [-0.15, -0.1) is 0 Å². The molecule has 0 aliphatic heterocycles. The number of aromatic nitrogens is 1. The molecule has 0 aromatic carbocycles. The van der Waals surface area contributed by atoms with Crippen molar-refractivity contribution < 1.29 is 9.32 Å². The Hall–Kier alpha value is -2.05. The molecule has 0 spiro atoms. The van der Waals surface area contributed by atoms with Gasteiger partial charge >= 0.3 is 0 Å². The lowest BCUT2D eigenvalue weighted by molar-refractivity contribution is -0.121. The number of carbonyl (C=O) groups is 1. The number of aryl methyl sites for hydroxylation is 2. The molecule has 1 fully saturated rings. The van der Waals surface area contributed by atoms with Crippen molar-refractivity contribution in [2.75, 3.05) is 13.1 Å². The second-order valence-corrected chi connectivity index (χ2v) is 6.31. The second kappa shape index (κ2) is 10.1. The molecular weight excluding hydrogens is 318 g/mol. The third-order valence-electron chi connectivity index (χ3n) is 4.16. The number of nitrogens with one attached hydrogen (secondary N) is 3. The number of rotatable bonds is 10. The normalized spacial score (nSPS) is 14.4. The van der Waals surface area contributed by atoms with Gasteiger partial charge in [-0.25, -0.2) is 4.99 Å². The van der Waals surface area contributed by atoms with Gasteiger partial charge in [-0.3, -0.25) is 4.79 Å². The van der Waals surface area contributed by atoms with Crippen LogP contribution >= 0.6 is 0 Å². The van der Waals surface area contributed by atoms with Gasteiger partial charge in [-0.1, -0.05) is 19.0 Å². The summed E-state index contributed by atoms with van der Waals surface area (Å²) in [5, 5.41) is 13.7. The van der Waals surface area contributed by atoms with Crippen molar-refractivity contribution in [1.82, 2.24) is 21.1 Å². The molecule has 0 unspecified atom stereocenters. The van der Waals surface area contributed by atoms with Crippen LogP contribution in [0, 0.1) is 0 Å². The highest BCUT2D eigenvalue weighted by atomic mass is 16.5. The van der Waals surface area contributed by atoms with Crippen molar-refractivity contribution in [1.29, 1.82) is 0 Å². The first-order chi connectivity index (χ1) is 12.2. The minimum Gasteiger partial charge on any atom is -0.361 e. The van der Waals surface area contributed by atoms with Crippen LogP contribution in [-0.2, 0) is 24.2 Å². The van der Waals surface area contributed by atoms with Crippen molar-refractivity contribution in [3.63, 3.8) is 0 Å². The van der Waals surface area contributed by atoms with Crippen LogP contribution in [0.1, 0.15) is 63.5 Å². The summed E-state index contributed by atoms with van der Waals surface area (Å²) >= 11 is 0. The fraction of sp³-hybridized carbons (Fsp3) is 0.722. The van der Waals surface area contributed by atoms with Crippen molar-refractivity contribution in [2.45, 2.75) is 71.9 Å². The zero-order valence-corrected chi connectivity index (χ0v) is 15.7. The van der Waals surface area contributed by atoms with Gasteiger partial charge in [0.05, 0.1) is 12.2 Å². The lowest BCUT2D eigenvalue weighted by atomic mass is 10.1. The highest BCUT2D eigenvalue weighted by Crippen LogP contribution is 2.18. The highest BCUT2D eigenvalue weighted by molar-refractivity contribution is 5.80. The van der Waals surface area contributed by atoms with E-state index in [-0.39, 0.29) is 5.91 Å². The van der Waals surface area contributed by atoms with Gasteiger partial charge in [0.25, 0.3) is 0 Å². The van der Waals surface area contributed by atoms with Gasteiger partial charge < -0.3 is 20.5 Å². The van der Waals surface area contributed by atoms with Gasteiger partial charge in [0, 0.05) is 37.5 Å². The van der Waals surface area contributed by atoms with Gasteiger partial charge in [0.2, 0.25) is 5.91 Å². The van der Waals surface area contributed by atoms with Crippen LogP contribution in [0.2, 0.25) is 0 Å². The van der Waals surface area contributed by atoms with Crippen molar-refractivity contribution in [3.05, 3.63) is 17.0 Å². The second-order valence-electron chi connectivity index (χ2n) is 6.31. The third-order valence-corrected chi connectivity index (χ3v) is 4.16. The highest BCUT2D eigenvalue weighted by Gasteiger charge is 2.22. The van der Waals surface area contributed by atoms with E-state index in [4.69, 9.17) is 4.52 Å². The summed E-state index contributed by atoms with van der Waals surface area (Å²) in [6.45, 7) is 8.22. The maximum atomic E-state index is 11.7. The molecule has 1 heterocycles. The molecule has 1 aromatic rings. The van der Waals surface area contributed by atoms with Gasteiger partial charge in [0.15, 0.2) is 5.96 Å². The molecule has 7 heteroatoms. The van der Waals surface area contributed by atoms with E-state index in [2.05, 4.69) is 39.9 Å². The molecule has 0 radical (unpaired) electrons. The SMILES string of the molecule is CCNC(=NCc1c(CC)noc1CC)NCCCC(=O)NC1CC1. The number of hydrogen-bond acceptors (Lipinski definition) is 4. The topological polar surface area (TPSA) is 91.6 Å². The standard InChI is InChI=1S/C18H31N5O2/c1-4-15-14(16(5-2)25-23-15)12-21-18(19-6-3)20-11-7-8-17(24)22-13-9-10-13/h13H,4-12H2,1-3H3,(H,22,24)(H2,19,20,21). The fourth-order valence-electron chi connectivity index (χ4n) is 2.60.